The topological polar surface area (TPSA) is 84.6 Å². The van der Waals surface area contributed by atoms with E-state index in [0.29, 0.717) is 0 Å². The minimum absolute atomic E-state index is 0.191. The van der Waals surface area contributed by atoms with E-state index in [1.807, 2.05) is 36.4 Å². The first kappa shape index (κ1) is 13.2. The first-order chi connectivity index (χ1) is 9.10. The number of hydrogen-bond acceptors (Lipinski definition) is 4. The highest BCUT2D eigenvalue weighted by Gasteiger charge is 2.10. The van der Waals surface area contributed by atoms with Gasteiger partial charge in [0.05, 0.1) is 7.11 Å². The van der Waals surface area contributed by atoms with E-state index in [1.54, 1.807) is 7.11 Å². The van der Waals surface area contributed by atoms with Gasteiger partial charge < -0.3 is 20.9 Å². The molecule has 1 unspecified atom stereocenters. The van der Waals surface area contributed by atoms with E-state index in [4.69, 9.17) is 15.6 Å². The molecule has 0 heterocycles. The van der Waals surface area contributed by atoms with Gasteiger partial charge in [-0.2, -0.15) is 0 Å². The number of carboxylic acid groups (broad SMARTS) is 1. The predicted octanol–water partition coefficient (Wildman–Crippen LogP) is 1.67. The first-order valence-corrected chi connectivity index (χ1v) is 5.90. The predicted molar refractivity (Wildman–Crippen MR) is 74.6 cm³/mol. The smallest absolute Gasteiger partial charge is 0.322 e. The van der Waals surface area contributed by atoms with Gasteiger partial charge in [0.25, 0.3) is 0 Å². The van der Waals surface area contributed by atoms with Gasteiger partial charge >= 0.3 is 5.97 Å². The molecule has 0 bridgehead atoms. The molecule has 1 atom stereocenters. The number of hydrogen-bond donors (Lipinski definition) is 3. The molecule has 0 saturated carbocycles. The monoisotopic (exact) mass is 260 g/mol. The lowest BCUT2D eigenvalue weighted by Crippen LogP contribution is -2.36. The van der Waals surface area contributed by atoms with E-state index in [0.717, 1.165) is 22.2 Å². The average Bonchev–Trinajstić information content (AvgIpc) is 2.43. The van der Waals surface area contributed by atoms with Gasteiger partial charge in [0.1, 0.15) is 11.8 Å². The normalized spacial score (nSPS) is 12.1. The molecular weight excluding hydrogens is 244 g/mol. The fraction of sp³-hybridized carbons (Fsp3) is 0.214. The van der Waals surface area contributed by atoms with Gasteiger partial charge in [-0.1, -0.05) is 12.1 Å². The fourth-order valence-corrected chi connectivity index (χ4v) is 1.78. The van der Waals surface area contributed by atoms with Crippen molar-refractivity contribution < 1.29 is 14.6 Å². The molecule has 5 nitrogen and oxygen atoms in total. The maximum Gasteiger partial charge on any atom is 0.322 e. The summed E-state index contributed by atoms with van der Waals surface area (Å²) in [5.74, 6) is -0.209. The zero-order valence-corrected chi connectivity index (χ0v) is 10.6. The zero-order chi connectivity index (χ0) is 13.8. The van der Waals surface area contributed by atoms with Crippen LogP contribution in [0.3, 0.4) is 0 Å². The lowest BCUT2D eigenvalue weighted by molar-refractivity contribution is -0.138. The Hall–Kier alpha value is -2.27. The summed E-state index contributed by atoms with van der Waals surface area (Å²) in [5, 5.41) is 13.8. The van der Waals surface area contributed by atoms with E-state index < -0.39 is 12.0 Å². The van der Waals surface area contributed by atoms with Crippen LogP contribution in [-0.2, 0) is 4.79 Å². The van der Waals surface area contributed by atoms with E-state index in [2.05, 4.69) is 5.32 Å². The molecule has 2 aromatic rings. The van der Waals surface area contributed by atoms with Crippen LogP contribution >= 0.6 is 0 Å². The number of rotatable bonds is 5. The van der Waals surface area contributed by atoms with Crippen molar-refractivity contribution in [1.29, 1.82) is 0 Å². The number of carbonyl (C=O) groups is 1. The molecule has 0 fully saturated rings. The van der Waals surface area contributed by atoms with Gasteiger partial charge in [-0.05, 0) is 35.0 Å². The first-order valence-electron chi connectivity index (χ1n) is 5.90. The van der Waals surface area contributed by atoms with Crippen molar-refractivity contribution in [2.75, 3.05) is 19.0 Å². The Labute approximate surface area is 111 Å². The lowest BCUT2D eigenvalue weighted by atomic mass is 10.1. The number of nitrogens with one attached hydrogen (secondary N) is 1. The standard InChI is InChI=1S/C14H16N2O3/c1-19-12-5-3-9-6-11(4-2-10(9)7-12)16-8-13(15)14(17)18/h2-7,13,16H,8,15H2,1H3,(H,17,18). The fourth-order valence-electron chi connectivity index (χ4n) is 1.78. The van der Waals surface area contributed by atoms with Gasteiger partial charge in [-0.15, -0.1) is 0 Å². The highest BCUT2D eigenvalue weighted by Crippen LogP contribution is 2.23. The SMILES string of the molecule is COc1ccc2cc(NCC(N)C(=O)O)ccc2c1. The van der Waals surface area contributed by atoms with Gasteiger partial charge in [0, 0.05) is 12.2 Å². The van der Waals surface area contributed by atoms with Crippen LogP contribution in [0.2, 0.25) is 0 Å². The lowest BCUT2D eigenvalue weighted by Gasteiger charge is -2.10. The molecule has 2 rings (SSSR count). The van der Waals surface area contributed by atoms with Crippen molar-refractivity contribution in [2.45, 2.75) is 6.04 Å². The highest BCUT2D eigenvalue weighted by molar-refractivity contribution is 5.87. The molecule has 0 aromatic heterocycles. The van der Waals surface area contributed by atoms with Crippen LogP contribution in [0.25, 0.3) is 10.8 Å². The van der Waals surface area contributed by atoms with Crippen molar-refractivity contribution in [3.05, 3.63) is 36.4 Å². The van der Waals surface area contributed by atoms with E-state index >= 15 is 0 Å². The van der Waals surface area contributed by atoms with Gasteiger partial charge in [-0.25, -0.2) is 0 Å². The second-order valence-electron chi connectivity index (χ2n) is 4.25. The molecule has 100 valence electrons. The molecule has 5 heteroatoms. The third-order valence-electron chi connectivity index (χ3n) is 2.89. The third kappa shape index (κ3) is 3.14. The maximum atomic E-state index is 10.6. The number of anilines is 1. The van der Waals surface area contributed by atoms with E-state index in [1.165, 1.54) is 0 Å². The Morgan fingerprint density at radius 2 is 2.00 bits per heavy atom. The molecule has 0 amide bonds. The molecule has 2 aromatic carbocycles. The summed E-state index contributed by atoms with van der Waals surface area (Å²) >= 11 is 0. The van der Waals surface area contributed by atoms with Crippen molar-refractivity contribution in [3.8, 4) is 5.75 Å². The molecule has 0 spiro atoms. The number of fused-ring (bicyclic) bond motifs is 1. The van der Waals surface area contributed by atoms with Crippen LogP contribution in [0, 0.1) is 0 Å². The summed E-state index contributed by atoms with van der Waals surface area (Å²) < 4.78 is 5.16. The number of nitrogens with two attached hydrogens (primary N) is 1. The number of methoxy groups -OCH3 is 1. The van der Waals surface area contributed by atoms with Crippen LogP contribution in [0.1, 0.15) is 0 Å². The minimum Gasteiger partial charge on any atom is -0.497 e. The maximum absolute atomic E-state index is 10.6. The Kier molecular flexibility index (Phi) is 3.87. The van der Waals surface area contributed by atoms with Crippen molar-refractivity contribution in [3.63, 3.8) is 0 Å². The van der Waals surface area contributed by atoms with Crippen LogP contribution in [0.4, 0.5) is 5.69 Å². The van der Waals surface area contributed by atoms with Crippen LogP contribution in [-0.4, -0.2) is 30.8 Å². The summed E-state index contributed by atoms with van der Waals surface area (Å²) in [4.78, 5) is 10.6. The van der Waals surface area contributed by atoms with Gasteiger partial charge in [0.15, 0.2) is 0 Å². The number of benzene rings is 2. The summed E-state index contributed by atoms with van der Waals surface area (Å²) in [6.45, 7) is 0.191. The Morgan fingerprint density at radius 1 is 1.32 bits per heavy atom. The second-order valence-corrected chi connectivity index (χ2v) is 4.25. The van der Waals surface area contributed by atoms with Crippen LogP contribution in [0.15, 0.2) is 36.4 Å². The Balaban J connectivity index is 2.15. The second kappa shape index (κ2) is 5.58. The summed E-state index contributed by atoms with van der Waals surface area (Å²) in [6, 6.07) is 10.7. The molecular formula is C14H16N2O3. The van der Waals surface area contributed by atoms with Gasteiger partial charge in [-0.3, -0.25) is 4.79 Å². The average molecular weight is 260 g/mol. The van der Waals surface area contributed by atoms with Gasteiger partial charge in [0.2, 0.25) is 0 Å². The minimum atomic E-state index is -1.02. The molecule has 0 radical (unpaired) electrons. The quantitative estimate of drug-likeness (QED) is 0.761. The Morgan fingerprint density at radius 3 is 2.68 bits per heavy atom. The molecule has 4 N–H and O–H groups in total. The Bertz CT molecular complexity index is 598. The van der Waals surface area contributed by atoms with Crippen LogP contribution in [0.5, 0.6) is 5.75 Å². The molecule has 0 aliphatic heterocycles. The number of ether oxygens (including phenoxy) is 1. The van der Waals surface area contributed by atoms with Crippen LogP contribution < -0.4 is 15.8 Å². The molecule has 19 heavy (non-hydrogen) atoms. The molecule has 0 aliphatic carbocycles. The largest absolute Gasteiger partial charge is 0.497 e. The number of aliphatic carboxylic acids is 1. The van der Waals surface area contributed by atoms with E-state index in [-0.39, 0.29) is 6.54 Å². The summed E-state index contributed by atoms with van der Waals surface area (Å²) in [7, 11) is 1.63. The third-order valence-corrected chi connectivity index (χ3v) is 2.89. The zero-order valence-electron chi connectivity index (χ0n) is 10.6. The summed E-state index contributed by atoms with van der Waals surface area (Å²) in [5.41, 5.74) is 6.28. The molecule has 0 saturated heterocycles. The van der Waals surface area contributed by atoms with Crippen molar-refractivity contribution >= 4 is 22.4 Å². The number of carboxylic acids is 1. The van der Waals surface area contributed by atoms with E-state index in [9.17, 15) is 4.79 Å². The van der Waals surface area contributed by atoms with Crippen molar-refractivity contribution in [1.82, 2.24) is 0 Å². The highest BCUT2D eigenvalue weighted by atomic mass is 16.5. The van der Waals surface area contributed by atoms with Crippen molar-refractivity contribution in [2.24, 2.45) is 5.73 Å². The molecule has 0 aliphatic rings. The summed E-state index contributed by atoms with van der Waals surface area (Å²) in [6.07, 6.45) is 0.